The van der Waals surface area contributed by atoms with Crippen molar-refractivity contribution < 1.29 is 18.7 Å². The van der Waals surface area contributed by atoms with Crippen LogP contribution in [0.4, 0.5) is 5.69 Å². The van der Waals surface area contributed by atoms with Gasteiger partial charge in [-0.05, 0) is 35.9 Å². The lowest BCUT2D eigenvalue weighted by Gasteiger charge is -2.09. The topological polar surface area (TPSA) is 86.5 Å². The van der Waals surface area contributed by atoms with Gasteiger partial charge in [0.05, 0.1) is 18.4 Å². The second-order valence-electron chi connectivity index (χ2n) is 5.90. The Morgan fingerprint density at radius 3 is 2.79 bits per heavy atom. The van der Waals surface area contributed by atoms with Crippen LogP contribution < -0.4 is 14.8 Å². The molecule has 0 unspecified atom stereocenters. The van der Waals surface area contributed by atoms with Crippen molar-refractivity contribution in [2.75, 3.05) is 19.0 Å². The summed E-state index contributed by atoms with van der Waals surface area (Å²) in [7, 11) is 1.54. The van der Waals surface area contributed by atoms with E-state index < -0.39 is 0 Å². The van der Waals surface area contributed by atoms with Crippen molar-refractivity contribution in [3.8, 4) is 35.3 Å². The largest absolute Gasteiger partial charge is 0.493 e. The predicted octanol–water partition coefficient (Wildman–Crippen LogP) is 3.72. The van der Waals surface area contributed by atoms with Crippen LogP contribution in [0.25, 0.3) is 17.5 Å². The Labute approximate surface area is 168 Å². The van der Waals surface area contributed by atoms with E-state index in [2.05, 4.69) is 21.4 Å². The van der Waals surface area contributed by atoms with E-state index in [1.165, 1.54) is 13.2 Å². The van der Waals surface area contributed by atoms with Crippen LogP contribution in [0, 0.1) is 19.3 Å². The minimum Gasteiger partial charge on any atom is -0.493 e. The average molecular weight is 389 g/mol. The molecular formula is C22H19N3O4. The molecule has 29 heavy (non-hydrogen) atoms. The van der Waals surface area contributed by atoms with Crippen LogP contribution in [0.15, 0.2) is 53.0 Å². The van der Waals surface area contributed by atoms with E-state index in [0.29, 0.717) is 34.5 Å². The number of rotatable bonds is 7. The molecule has 0 saturated heterocycles. The second-order valence-corrected chi connectivity index (χ2v) is 5.90. The van der Waals surface area contributed by atoms with Crippen LogP contribution in [0.2, 0.25) is 0 Å². The lowest BCUT2D eigenvalue weighted by Crippen LogP contribution is -2.08. The normalized spacial score (nSPS) is 10.5. The summed E-state index contributed by atoms with van der Waals surface area (Å²) in [5, 5.41) is 10.7. The molecule has 0 aliphatic heterocycles. The Hall–Kier alpha value is -4.05. The third kappa shape index (κ3) is 5.02. The molecule has 7 heteroatoms. The molecule has 2 aromatic carbocycles. The van der Waals surface area contributed by atoms with Gasteiger partial charge in [0.25, 0.3) is 0 Å². The zero-order valence-corrected chi connectivity index (χ0v) is 16.0. The van der Waals surface area contributed by atoms with Gasteiger partial charge in [0, 0.05) is 13.0 Å². The number of methoxy groups -OCH3 is 1. The summed E-state index contributed by atoms with van der Waals surface area (Å²) in [6.45, 7) is 1.85. The maximum atomic E-state index is 12.4. The zero-order chi connectivity index (χ0) is 20.6. The van der Waals surface area contributed by atoms with Gasteiger partial charge >= 0.3 is 0 Å². The number of hydrogen-bond acceptors (Lipinski definition) is 6. The Morgan fingerprint density at radius 1 is 1.24 bits per heavy atom. The highest BCUT2D eigenvalue weighted by Gasteiger charge is 2.12. The van der Waals surface area contributed by atoms with Gasteiger partial charge in [-0.3, -0.25) is 4.79 Å². The number of ether oxygens (including phenoxy) is 2. The first-order chi connectivity index (χ1) is 14.1. The molecule has 0 aliphatic rings. The maximum absolute atomic E-state index is 12.4. The molecule has 146 valence electrons. The monoisotopic (exact) mass is 389 g/mol. The zero-order valence-electron chi connectivity index (χ0n) is 16.0. The quantitative estimate of drug-likeness (QED) is 0.490. The Kier molecular flexibility index (Phi) is 6.28. The van der Waals surface area contributed by atoms with Gasteiger partial charge in [0.1, 0.15) is 6.61 Å². The highest BCUT2D eigenvalue weighted by Crippen LogP contribution is 2.29. The highest BCUT2D eigenvalue weighted by atomic mass is 16.5. The minimum atomic E-state index is -0.305. The third-order valence-corrected chi connectivity index (χ3v) is 3.87. The number of benzene rings is 2. The number of hydrogen-bond donors (Lipinski definition) is 1. The van der Waals surface area contributed by atoms with E-state index in [1.807, 2.05) is 12.1 Å². The summed E-state index contributed by atoms with van der Waals surface area (Å²) < 4.78 is 16.2. The van der Waals surface area contributed by atoms with Crippen molar-refractivity contribution in [1.82, 2.24) is 10.2 Å². The van der Waals surface area contributed by atoms with Crippen LogP contribution in [-0.2, 0) is 4.79 Å². The van der Waals surface area contributed by atoms with Gasteiger partial charge in [0.15, 0.2) is 11.5 Å². The number of carbonyl (C=O) groups is 1. The summed E-state index contributed by atoms with van der Waals surface area (Å²) in [5.41, 5.74) is 1.99. The maximum Gasteiger partial charge on any atom is 0.249 e. The molecule has 0 fully saturated rings. The average Bonchev–Trinajstić information content (AvgIpc) is 3.17. The van der Waals surface area contributed by atoms with Crippen LogP contribution in [-0.4, -0.2) is 29.8 Å². The van der Waals surface area contributed by atoms with Gasteiger partial charge < -0.3 is 19.2 Å². The fraction of sp³-hybridized carbons (Fsp3) is 0.136. The molecule has 3 aromatic rings. The molecule has 0 bridgehead atoms. The predicted molar refractivity (Wildman–Crippen MR) is 109 cm³/mol. The number of aryl methyl sites for hydroxylation is 1. The first-order valence-electron chi connectivity index (χ1n) is 8.73. The Balaban J connectivity index is 1.73. The van der Waals surface area contributed by atoms with E-state index >= 15 is 0 Å². The van der Waals surface area contributed by atoms with Gasteiger partial charge in [-0.1, -0.05) is 24.1 Å². The summed E-state index contributed by atoms with van der Waals surface area (Å²) in [4.78, 5) is 12.4. The number of carbonyl (C=O) groups excluding carboxylic acids is 1. The van der Waals surface area contributed by atoms with Gasteiger partial charge in [-0.25, -0.2) is 0 Å². The van der Waals surface area contributed by atoms with E-state index in [4.69, 9.17) is 20.3 Å². The smallest absolute Gasteiger partial charge is 0.249 e. The van der Waals surface area contributed by atoms with E-state index in [9.17, 15) is 4.79 Å². The molecule has 3 rings (SSSR count). The van der Waals surface area contributed by atoms with Crippen molar-refractivity contribution in [2.45, 2.75) is 6.92 Å². The molecular weight excluding hydrogens is 370 g/mol. The lowest BCUT2D eigenvalue weighted by molar-refractivity contribution is -0.111. The Morgan fingerprint density at radius 2 is 2.07 bits per heavy atom. The third-order valence-electron chi connectivity index (χ3n) is 3.87. The number of anilines is 1. The van der Waals surface area contributed by atoms with Crippen molar-refractivity contribution >= 4 is 17.7 Å². The standard InChI is InChI=1S/C22H19N3O4/c1-4-13-28-19-11-9-16(14-20(19)27-3)10-12-21(26)23-18-8-6-5-7-17(18)22-25-24-15(2)29-22/h1,5-12,14H,13H2,2-3H3,(H,23,26)/b12-10+. The number of para-hydroxylation sites is 1. The molecule has 1 aromatic heterocycles. The number of amides is 1. The van der Waals surface area contributed by atoms with Crippen molar-refractivity contribution in [3.05, 3.63) is 60.0 Å². The molecule has 0 saturated carbocycles. The highest BCUT2D eigenvalue weighted by molar-refractivity contribution is 6.03. The van der Waals surface area contributed by atoms with E-state index in [0.717, 1.165) is 5.56 Å². The number of nitrogens with zero attached hydrogens (tertiary/aromatic N) is 2. The molecule has 0 aliphatic carbocycles. The van der Waals surface area contributed by atoms with E-state index in [1.54, 1.807) is 43.3 Å². The number of aromatic nitrogens is 2. The van der Waals surface area contributed by atoms with Crippen molar-refractivity contribution in [2.24, 2.45) is 0 Å². The fourth-order valence-electron chi connectivity index (χ4n) is 2.56. The molecule has 7 nitrogen and oxygen atoms in total. The second kappa shape index (κ2) is 9.24. The van der Waals surface area contributed by atoms with E-state index in [-0.39, 0.29) is 12.5 Å². The summed E-state index contributed by atoms with van der Waals surface area (Å²) >= 11 is 0. The molecule has 0 spiro atoms. The van der Waals surface area contributed by atoms with Crippen LogP contribution >= 0.6 is 0 Å². The summed E-state index contributed by atoms with van der Waals surface area (Å²) in [6.07, 6.45) is 8.30. The molecule has 0 atom stereocenters. The van der Waals surface area contributed by atoms with Gasteiger partial charge in [-0.15, -0.1) is 16.6 Å². The van der Waals surface area contributed by atoms with Crippen LogP contribution in [0.3, 0.4) is 0 Å². The first kappa shape index (κ1) is 19.7. The summed E-state index contributed by atoms with van der Waals surface area (Å²) in [6, 6.07) is 12.5. The van der Waals surface area contributed by atoms with Crippen molar-refractivity contribution in [3.63, 3.8) is 0 Å². The molecule has 1 N–H and O–H groups in total. The Bertz CT molecular complexity index is 1080. The molecule has 0 radical (unpaired) electrons. The van der Waals surface area contributed by atoms with Crippen molar-refractivity contribution in [1.29, 1.82) is 0 Å². The molecule has 1 heterocycles. The van der Waals surface area contributed by atoms with Gasteiger partial charge in [-0.2, -0.15) is 0 Å². The van der Waals surface area contributed by atoms with Crippen LogP contribution in [0.1, 0.15) is 11.5 Å². The number of terminal acetylenes is 1. The van der Waals surface area contributed by atoms with Crippen LogP contribution in [0.5, 0.6) is 11.5 Å². The SMILES string of the molecule is C#CCOc1ccc(/C=C/C(=O)Nc2ccccc2-c2nnc(C)o2)cc1OC. The molecule has 1 amide bonds. The summed E-state index contributed by atoms with van der Waals surface area (Å²) in [5.74, 6) is 3.95. The first-order valence-corrected chi connectivity index (χ1v) is 8.73. The lowest BCUT2D eigenvalue weighted by atomic mass is 10.1. The minimum absolute atomic E-state index is 0.146. The fourth-order valence-corrected chi connectivity index (χ4v) is 2.56. The number of nitrogens with one attached hydrogen (secondary N) is 1. The van der Waals surface area contributed by atoms with Gasteiger partial charge in [0.2, 0.25) is 17.7 Å².